The van der Waals surface area contributed by atoms with Crippen molar-refractivity contribution >= 4 is 5.91 Å². The van der Waals surface area contributed by atoms with Crippen molar-refractivity contribution in [3.63, 3.8) is 0 Å². The van der Waals surface area contributed by atoms with Gasteiger partial charge in [0, 0.05) is 25.1 Å². The van der Waals surface area contributed by atoms with Crippen molar-refractivity contribution < 1.29 is 9.32 Å². The lowest BCUT2D eigenvalue weighted by Crippen LogP contribution is -2.33. The molecule has 4 heteroatoms. The molecule has 0 fully saturated rings. The van der Waals surface area contributed by atoms with Crippen LogP contribution in [0.2, 0.25) is 0 Å². The Morgan fingerprint density at radius 1 is 1.35 bits per heavy atom. The van der Waals surface area contributed by atoms with Gasteiger partial charge < -0.3 is 9.42 Å². The number of hydrogen-bond donors (Lipinski definition) is 0. The molecule has 0 bridgehead atoms. The number of nitrogens with zero attached hydrogens (tertiary/aromatic N) is 2. The van der Waals surface area contributed by atoms with Gasteiger partial charge in [0.25, 0.3) is 5.91 Å². The zero-order valence-electron chi connectivity index (χ0n) is 13.3. The Morgan fingerprint density at radius 3 is 2.55 bits per heavy atom. The third-order valence-corrected chi connectivity index (χ3v) is 4.52. The topological polar surface area (TPSA) is 46.3 Å². The van der Waals surface area contributed by atoms with Crippen molar-refractivity contribution in [1.29, 1.82) is 0 Å². The number of rotatable bonds is 3. The molecule has 1 aliphatic rings. The number of hydrogen-bond acceptors (Lipinski definition) is 3. The van der Waals surface area contributed by atoms with Crippen molar-refractivity contribution in [3.05, 3.63) is 17.0 Å². The van der Waals surface area contributed by atoms with Gasteiger partial charge in [-0.15, -0.1) is 0 Å². The second kappa shape index (κ2) is 5.58. The van der Waals surface area contributed by atoms with Crippen LogP contribution in [0.4, 0.5) is 0 Å². The molecule has 0 aromatic carbocycles. The fourth-order valence-electron chi connectivity index (χ4n) is 2.97. The lowest BCUT2D eigenvalue weighted by molar-refractivity contribution is 0.0761. The van der Waals surface area contributed by atoms with Crippen LogP contribution in [0.15, 0.2) is 4.52 Å². The van der Waals surface area contributed by atoms with Gasteiger partial charge in [-0.3, -0.25) is 4.79 Å². The predicted octanol–water partition coefficient (Wildman–Crippen LogP) is 3.31. The SMILES string of the molecule is CCN(CC)C(=O)c1noc2c1C[C@@H](C(C)(C)C)CC2. The summed E-state index contributed by atoms with van der Waals surface area (Å²) in [5.74, 6) is 1.51. The molecule has 0 saturated carbocycles. The molecule has 1 aromatic rings. The minimum Gasteiger partial charge on any atom is -0.360 e. The van der Waals surface area contributed by atoms with E-state index >= 15 is 0 Å². The van der Waals surface area contributed by atoms with Crippen LogP contribution in [-0.4, -0.2) is 29.1 Å². The van der Waals surface area contributed by atoms with E-state index in [4.69, 9.17) is 4.52 Å². The molecular weight excluding hydrogens is 252 g/mol. The van der Waals surface area contributed by atoms with E-state index in [1.165, 1.54) is 0 Å². The van der Waals surface area contributed by atoms with Crippen LogP contribution in [0.25, 0.3) is 0 Å². The second-order valence-electron chi connectivity index (χ2n) is 6.72. The van der Waals surface area contributed by atoms with Crippen molar-refractivity contribution in [3.8, 4) is 0 Å². The lowest BCUT2D eigenvalue weighted by atomic mass is 9.71. The first kappa shape index (κ1) is 15.1. The summed E-state index contributed by atoms with van der Waals surface area (Å²) in [6.45, 7) is 12.2. The van der Waals surface area contributed by atoms with Gasteiger partial charge in [0.1, 0.15) is 5.76 Å². The van der Waals surface area contributed by atoms with Crippen LogP contribution >= 0.6 is 0 Å². The molecule has 0 aliphatic heterocycles. The Bertz CT molecular complexity index is 481. The second-order valence-corrected chi connectivity index (χ2v) is 6.72. The number of amides is 1. The van der Waals surface area contributed by atoms with Crippen LogP contribution in [0.1, 0.15) is 62.9 Å². The van der Waals surface area contributed by atoms with Crippen molar-refractivity contribution in [1.82, 2.24) is 10.1 Å². The molecule has 0 N–H and O–H groups in total. The van der Waals surface area contributed by atoms with Gasteiger partial charge in [-0.1, -0.05) is 25.9 Å². The highest BCUT2D eigenvalue weighted by Crippen LogP contribution is 2.38. The number of carbonyl (C=O) groups excluding carboxylic acids is 1. The molecule has 112 valence electrons. The van der Waals surface area contributed by atoms with Gasteiger partial charge in [0.05, 0.1) is 0 Å². The molecule has 1 amide bonds. The van der Waals surface area contributed by atoms with Crippen LogP contribution in [0.5, 0.6) is 0 Å². The van der Waals surface area contributed by atoms with E-state index in [2.05, 4.69) is 25.9 Å². The van der Waals surface area contributed by atoms with Crippen LogP contribution in [0.3, 0.4) is 0 Å². The average Bonchev–Trinajstić information content (AvgIpc) is 2.81. The lowest BCUT2D eigenvalue weighted by Gasteiger charge is -2.33. The maximum absolute atomic E-state index is 12.5. The van der Waals surface area contributed by atoms with Gasteiger partial charge in [0.15, 0.2) is 5.69 Å². The molecule has 1 atom stereocenters. The highest BCUT2D eigenvalue weighted by atomic mass is 16.5. The number of aromatic nitrogens is 1. The molecule has 0 radical (unpaired) electrons. The van der Waals surface area contributed by atoms with Crippen LogP contribution < -0.4 is 0 Å². The summed E-state index contributed by atoms with van der Waals surface area (Å²) >= 11 is 0. The highest BCUT2D eigenvalue weighted by molar-refractivity contribution is 5.93. The van der Waals surface area contributed by atoms with E-state index in [1.54, 1.807) is 4.90 Å². The van der Waals surface area contributed by atoms with Gasteiger partial charge in [-0.2, -0.15) is 0 Å². The minimum absolute atomic E-state index is 0.00885. The van der Waals surface area contributed by atoms with Crippen LogP contribution in [0, 0.1) is 11.3 Å². The summed E-state index contributed by atoms with van der Waals surface area (Å²) in [5, 5.41) is 4.06. The molecule has 1 heterocycles. The Kier molecular flexibility index (Phi) is 4.21. The fraction of sp³-hybridized carbons (Fsp3) is 0.750. The van der Waals surface area contributed by atoms with E-state index in [0.29, 0.717) is 24.7 Å². The number of aryl methyl sites for hydroxylation is 1. The zero-order valence-corrected chi connectivity index (χ0v) is 13.3. The maximum atomic E-state index is 12.5. The summed E-state index contributed by atoms with van der Waals surface area (Å²) < 4.78 is 5.41. The van der Waals surface area contributed by atoms with E-state index in [0.717, 1.165) is 30.6 Å². The first-order chi connectivity index (χ1) is 9.38. The molecule has 1 aromatic heterocycles. The van der Waals surface area contributed by atoms with E-state index in [-0.39, 0.29) is 11.3 Å². The van der Waals surface area contributed by atoms with E-state index < -0.39 is 0 Å². The van der Waals surface area contributed by atoms with E-state index in [9.17, 15) is 4.79 Å². The molecule has 4 nitrogen and oxygen atoms in total. The molecular formula is C16H26N2O2. The standard InChI is InChI=1S/C16H26N2O2/c1-6-18(7-2)15(19)14-12-10-11(16(3,4)5)8-9-13(12)20-17-14/h11H,6-10H2,1-5H3/t11-/m0/s1. The van der Waals surface area contributed by atoms with Gasteiger partial charge >= 0.3 is 0 Å². The smallest absolute Gasteiger partial charge is 0.276 e. The molecule has 0 unspecified atom stereocenters. The molecule has 1 aliphatic carbocycles. The molecule has 20 heavy (non-hydrogen) atoms. The summed E-state index contributed by atoms with van der Waals surface area (Å²) in [5.41, 5.74) is 1.84. The van der Waals surface area contributed by atoms with Crippen molar-refractivity contribution in [2.24, 2.45) is 11.3 Å². The Balaban J connectivity index is 2.28. The third kappa shape index (κ3) is 2.74. The van der Waals surface area contributed by atoms with Crippen molar-refractivity contribution in [2.75, 3.05) is 13.1 Å². The first-order valence-corrected chi connectivity index (χ1v) is 7.65. The van der Waals surface area contributed by atoms with Gasteiger partial charge in [0.2, 0.25) is 0 Å². The molecule has 0 spiro atoms. The fourth-order valence-corrected chi connectivity index (χ4v) is 2.97. The van der Waals surface area contributed by atoms with Crippen molar-refractivity contribution in [2.45, 2.75) is 53.9 Å². The Labute approximate surface area is 121 Å². The Hall–Kier alpha value is -1.32. The average molecular weight is 278 g/mol. The molecule has 2 rings (SSSR count). The Morgan fingerprint density at radius 2 is 2.00 bits per heavy atom. The predicted molar refractivity (Wildman–Crippen MR) is 78.7 cm³/mol. The van der Waals surface area contributed by atoms with Gasteiger partial charge in [-0.05, 0) is 38.0 Å². The van der Waals surface area contributed by atoms with E-state index in [1.807, 2.05) is 13.8 Å². The molecule has 0 saturated heterocycles. The largest absolute Gasteiger partial charge is 0.360 e. The number of carbonyl (C=O) groups is 1. The highest BCUT2D eigenvalue weighted by Gasteiger charge is 2.34. The normalized spacial score (nSPS) is 18.8. The first-order valence-electron chi connectivity index (χ1n) is 7.65. The quantitative estimate of drug-likeness (QED) is 0.852. The zero-order chi connectivity index (χ0) is 14.9. The number of fused-ring (bicyclic) bond motifs is 1. The third-order valence-electron chi connectivity index (χ3n) is 4.52. The maximum Gasteiger partial charge on any atom is 0.276 e. The summed E-state index contributed by atoms with van der Waals surface area (Å²) in [6.07, 6.45) is 2.92. The van der Waals surface area contributed by atoms with Crippen LogP contribution in [-0.2, 0) is 12.8 Å². The summed E-state index contributed by atoms with van der Waals surface area (Å²) in [4.78, 5) is 14.3. The summed E-state index contributed by atoms with van der Waals surface area (Å²) in [7, 11) is 0. The monoisotopic (exact) mass is 278 g/mol. The van der Waals surface area contributed by atoms with Gasteiger partial charge in [-0.25, -0.2) is 0 Å². The summed E-state index contributed by atoms with van der Waals surface area (Å²) in [6, 6.07) is 0. The minimum atomic E-state index is 0.00885.